The highest BCUT2D eigenvalue weighted by atomic mass is 79.9. The summed E-state index contributed by atoms with van der Waals surface area (Å²) in [6.45, 7) is 0. The van der Waals surface area contributed by atoms with Crippen molar-refractivity contribution in [3.05, 3.63) is 79.9 Å². The number of hydrogen-bond donors (Lipinski definition) is 1. The summed E-state index contributed by atoms with van der Waals surface area (Å²) in [5.74, 6) is -1.03. The lowest BCUT2D eigenvalue weighted by molar-refractivity contribution is -0.384. The predicted octanol–water partition coefficient (Wildman–Crippen LogP) is 4.77. The number of nitro groups is 1. The van der Waals surface area contributed by atoms with Gasteiger partial charge in [-0.15, -0.1) is 0 Å². The zero-order valence-corrected chi connectivity index (χ0v) is 14.3. The standard InChI is InChI=1S/C18H11BrN2O4/c19-12-4-8-17-15(9-12)16(18(22)23)10-13(20-17)5-1-11-2-6-14(7-3-11)21(24)25/h1-10H,(H,22,23). The summed E-state index contributed by atoms with van der Waals surface area (Å²) in [7, 11) is 0. The number of aromatic carboxylic acids is 1. The Hall–Kier alpha value is -3.06. The first-order valence-corrected chi connectivity index (χ1v) is 7.99. The third-order valence-corrected chi connectivity index (χ3v) is 4.06. The van der Waals surface area contributed by atoms with Crippen molar-refractivity contribution in [2.24, 2.45) is 0 Å². The van der Waals surface area contributed by atoms with Gasteiger partial charge >= 0.3 is 5.97 Å². The fourth-order valence-electron chi connectivity index (χ4n) is 2.37. The lowest BCUT2D eigenvalue weighted by atomic mass is 10.1. The van der Waals surface area contributed by atoms with E-state index >= 15 is 0 Å². The Balaban J connectivity index is 1.99. The Bertz CT molecular complexity index is 1010. The molecule has 25 heavy (non-hydrogen) atoms. The second-order valence-electron chi connectivity index (χ2n) is 5.24. The molecule has 0 saturated carbocycles. The zero-order valence-electron chi connectivity index (χ0n) is 12.7. The number of nitrogens with zero attached hydrogens (tertiary/aromatic N) is 2. The summed E-state index contributed by atoms with van der Waals surface area (Å²) in [6.07, 6.45) is 3.40. The van der Waals surface area contributed by atoms with Crippen LogP contribution < -0.4 is 0 Å². The second-order valence-corrected chi connectivity index (χ2v) is 6.16. The van der Waals surface area contributed by atoms with E-state index in [1.165, 1.54) is 18.2 Å². The van der Waals surface area contributed by atoms with E-state index in [-0.39, 0.29) is 11.3 Å². The molecular weight excluding hydrogens is 388 g/mol. The summed E-state index contributed by atoms with van der Waals surface area (Å²) in [5, 5.41) is 20.6. The summed E-state index contributed by atoms with van der Waals surface area (Å²) < 4.78 is 0.776. The average Bonchev–Trinajstić information content (AvgIpc) is 2.59. The van der Waals surface area contributed by atoms with Gasteiger partial charge in [0.2, 0.25) is 0 Å². The molecule has 1 N–H and O–H groups in total. The quantitative estimate of drug-likeness (QED) is 0.504. The van der Waals surface area contributed by atoms with Gasteiger partial charge in [0.05, 0.1) is 21.7 Å². The van der Waals surface area contributed by atoms with E-state index in [0.29, 0.717) is 16.6 Å². The Kier molecular flexibility index (Phi) is 4.58. The average molecular weight is 399 g/mol. The molecule has 0 aliphatic heterocycles. The number of pyridine rings is 1. The van der Waals surface area contributed by atoms with Crippen LogP contribution in [-0.4, -0.2) is 21.0 Å². The molecule has 7 heteroatoms. The Morgan fingerprint density at radius 2 is 1.84 bits per heavy atom. The van der Waals surface area contributed by atoms with Gasteiger partial charge in [0, 0.05) is 22.0 Å². The largest absolute Gasteiger partial charge is 0.478 e. The highest BCUT2D eigenvalue weighted by Crippen LogP contribution is 2.24. The summed E-state index contributed by atoms with van der Waals surface area (Å²) in [5.41, 5.74) is 1.99. The molecular formula is C18H11BrN2O4. The monoisotopic (exact) mass is 398 g/mol. The van der Waals surface area contributed by atoms with E-state index in [0.717, 1.165) is 10.0 Å². The minimum atomic E-state index is -1.03. The van der Waals surface area contributed by atoms with Gasteiger partial charge in [0.15, 0.2) is 0 Å². The number of carboxylic acids is 1. The first kappa shape index (κ1) is 16.8. The maximum atomic E-state index is 11.5. The van der Waals surface area contributed by atoms with E-state index in [9.17, 15) is 20.0 Å². The van der Waals surface area contributed by atoms with Gasteiger partial charge in [-0.25, -0.2) is 9.78 Å². The molecule has 1 heterocycles. The normalized spacial score (nSPS) is 11.1. The van der Waals surface area contributed by atoms with Crippen molar-refractivity contribution in [3.8, 4) is 0 Å². The van der Waals surface area contributed by atoms with E-state index in [2.05, 4.69) is 20.9 Å². The number of hydrogen-bond acceptors (Lipinski definition) is 4. The predicted molar refractivity (Wildman–Crippen MR) is 98.4 cm³/mol. The first-order valence-electron chi connectivity index (χ1n) is 7.20. The highest BCUT2D eigenvalue weighted by Gasteiger charge is 2.11. The fourth-order valence-corrected chi connectivity index (χ4v) is 2.73. The van der Waals surface area contributed by atoms with Crippen molar-refractivity contribution in [3.63, 3.8) is 0 Å². The maximum Gasteiger partial charge on any atom is 0.336 e. The molecule has 124 valence electrons. The number of benzene rings is 2. The van der Waals surface area contributed by atoms with Crippen molar-refractivity contribution in [1.29, 1.82) is 0 Å². The Morgan fingerprint density at radius 3 is 2.48 bits per heavy atom. The van der Waals surface area contributed by atoms with Crippen molar-refractivity contribution < 1.29 is 14.8 Å². The van der Waals surface area contributed by atoms with Crippen LogP contribution in [0, 0.1) is 10.1 Å². The first-order chi connectivity index (χ1) is 11.9. The van der Waals surface area contributed by atoms with Crippen LogP contribution in [0.15, 0.2) is 53.0 Å². The number of halogens is 1. The van der Waals surface area contributed by atoms with E-state index in [1.807, 2.05) is 0 Å². The summed E-state index contributed by atoms with van der Waals surface area (Å²) >= 11 is 3.33. The van der Waals surface area contributed by atoms with Crippen molar-refractivity contribution in [2.45, 2.75) is 0 Å². The number of non-ortho nitro benzene ring substituents is 1. The topological polar surface area (TPSA) is 93.3 Å². The van der Waals surface area contributed by atoms with Gasteiger partial charge in [-0.05, 0) is 48.0 Å². The molecule has 2 aromatic carbocycles. The lowest BCUT2D eigenvalue weighted by Crippen LogP contribution is -2.00. The maximum absolute atomic E-state index is 11.5. The molecule has 0 unspecified atom stereocenters. The van der Waals surface area contributed by atoms with Crippen LogP contribution in [0.1, 0.15) is 21.6 Å². The van der Waals surface area contributed by atoms with Crippen LogP contribution in [0.25, 0.3) is 23.1 Å². The molecule has 0 radical (unpaired) electrons. The molecule has 0 aliphatic rings. The van der Waals surface area contributed by atoms with E-state index < -0.39 is 10.9 Å². The van der Waals surface area contributed by atoms with Crippen LogP contribution in [0.3, 0.4) is 0 Å². The van der Waals surface area contributed by atoms with Gasteiger partial charge in [-0.3, -0.25) is 10.1 Å². The number of carboxylic acid groups (broad SMARTS) is 1. The smallest absolute Gasteiger partial charge is 0.336 e. The van der Waals surface area contributed by atoms with Gasteiger partial charge in [0.1, 0.15) is 0 Å². The zero-order chi connectivity index (χ0) is 18.0. The minimum absolute atomic E-state index is 0.0136. The summed E-state index contributed by atoms with van der Waals surface area (Å²) in [4.78, 5) is 26.2. The lowest BCUT2D eigenvalue weighted by Gasteiger charge is -2.05. The fraction of sp³-hybridized carbons (Fsp3) is 0. The number of fused-ring (bicyclic) bond motifs is 1. The molecule has 6 nitrogen and oxygen atoms in total. The van der Waals surface area contributed by atoms with Crippen LogP contribution in [0.5, 0.6) is 0 Å². The number of rotatable bonds is 4. The third kappa shape index (κ3) is 3.72. The number of aromatic nitrogens is 1. The molecule has 1 aromatic heterocycles. The number of nitro benzene ring substituents is 1. The van der Waals surface area contributed by atoms with E-state index in [1.54, 1.807) is 42.5 Å². The number of carbonyl (C=O) groups is 1. The van der Waals surface area contributed by atoms with Gasteiger partial charge in [-0.1, -0.05) is 22.0 Å². The van der Waals surface area contributed by atoms with Crippen molar-refractivity contribution in [2.75, 3.05) is 0 Å². The molecule has 0 aliphatic carbocycles. The summed E-state index contributed by atoms with van der Waals surface area (Å²) in [6, 6.07) is 12.8. The second kappa shape index (κ2) is 6.82. The molecule has 0 spiro atoms. The molecule has 3 rings (SSSR count). The van der Waals surface area contributed by atoms with Gasteiger partial charge < -0.3 is 5.11 Å². The molecule has 0 bridgehead atoms. The molecule has 0 saturated heterocycles. The minimum Gasteiger partial charge on any atom is -0.478 e. The van der Waals surface area contributed by atoms with E-state index in [4.69, 9.17) is 0 Å². The Labute approximate surface area is 150 Å². The SMILES string of the molecule is O=C(O)c1cc(C=Cc2ccc([N+](=O)[O-])cc2)nc2ccc(Br)cc12. The highest BCUT2D eigenvalue weighted by molar-refractivity contribution is 9.10. The molecule has 0 amide bonds. The third-order valence-electron chi connectivity index (χ3n) is 3.57. The van der Waals surface area contributed by atoms with Crippen molar-refractivity contribution >= 4 is 50.6 Å². The van der Waals surface area contributed by atoms with Gasteiger partial charge in [0.25, 0.3) is 5.69 Å². The van der Waals surface area contributed by atoms with Gasteiger partial charge in [-0.2, -0.15) is 0 Å². The van der Waals surface area contributed by atoms with Crippen LogP contribution in [0.2, 0.25) is 0 Å². The van der Waals surface area contributed by atoms with Crippen LogP contribution in [0.4, 0.5) is 5.69 Å². The van der Waals surface area contributed by atoms with Crippen LogP contribution >= 0.6 is 15.9 Å². The Morgan fingerprint density at radius 1 is 1.12 bits per heavy atom. The molecule has 0 atom stereocenters. The molecule has 0 fully saturated rings. The van der Waals surface area contributed by atoms with Crippen LogP contribution in [-0.2, 0) is 0 Å². The molecule has 3 aromatic rings. The van der Waals surface area contributed by atoms with Crippen molar-refractivity contribution in [1.82, 2.24) is 4.98 Å².